The zero-order chi connectivity index (χ0) is 15.5. The van der Waals surface area contributed by atoms with Gasteiger partial charge in [-0.05, 0) is 44.0 Å². The molecule has 1 saturated carbocycles. The summed E-state index contributed by atoms with van der Waals surface area (Å²) in [7, 11) is 1.85. The lowest BCUT2D eigenvalue weighted by atomic mass is 10.0. The van der Waals surface area contributed by atoms with E-state index in [4.69, 9.17) is 0 Å². The van der Waals surface area contributed by atoms with Crippen LogP contribution in [0.5, 0.6) is 0 Å². The van der Waals surface area contributed by atoms with Crippen molar-refractivity contribution in [2.75, 3.05) is 20.1 Å². The van der Waals surface area contributed by atoms with Gasteiger partial charge in [-0.1, -0.05) is 28.1 Å². The molecule has 6 heteroatoms. The SMILES string of the molecule is CNC(CCN(CC(F)(F)F)C1CC1)c1ccc(Br)cc1. The molecule has 1 aromatic rings. The lowest BCUT2D eigenvalue weighted by Gasteiger charge is -2.26. The molecule has 1 atom stereocenters. The van der Waals surface area contributed by atoms with Crippen molar-refractivity contribution in [3.8, 4) is 0 Å². The fraction of sp³-hybridized carbons (Fsp3) is 0.600. The van der Waals surface area contributed by atoms with Gasteiger partial charge in [-0.2, -0.15) is 13.2 Å². The first kappa shape index (κ1) is 16.8. The summed E-state index contributed by atoms with van der Waals surface area (Å²) >= 11 is 3.39. The summed E-state index contributed by atoms with van der Waals surface area (Å²) in [6.07, 6.45) is -1.67. The van der Waals surface area contributed by atoms with Crippen LogP contribution < -0.4 is 5.32 Å². The van der Waals surface area contributed by atoms with Gasteiger partial charge in [0.15, 0.2) is 0 Å². The van der Waals surface area contributed by atoms with E-state index in [-0.39, 0.29) is 12.1 Å². The normalized spacial score (nSPS) is 17.2. The van der Waals surface area contributed by atoms with Gasteiger partial charge in [0, 0.05) is 23.1 Å². The highest BCUT2D eigenvalue weighted by molar-refractivity contribution is 9.10. The molecule has 21 heavy (non-hydrogen) atoms. The van der Waals surface area contributed by atoms with Crippen LogP contribution in [0.25, 0.3) is 0 Å². The maximum atomic E-state index is 12.6. The molecule has 1 unspecified atom stereocenters. The van der Waals surface area contributed by atoms with Crippen molar-refractivity contribution in [2.45, 2.75) is 37.5 Å². The largest absolute Gasteiger partial charge is 0.401 e. The zero-order valence-electron chi connectivity index (χ0n) is 12.0. The van der Waals surface area contributed by atoms with E-state index in [0.717, 1.165) is 22.9 Å². The van der Waals surface area contributed by atoms with Crippen molar-refractivity contribution in [1.29, 1.82) is 0 Å². The molecule has 1 N–H and O–H groups in total. The molecule has 0 amide bonds. The number of benzene rings is 1. The molecule has 0 aliphatic heterocycles. The molecular weight excluding hydrogens is 345 g/mol. The summed E-state index contributed by atoms with van der Waals surface area (Å²) in [5.41, 5.74) is 1.10. The van der Waals surface area contributed by atoms with Crippen LogP contribution in [-0.2, 0) is 0 Å². The number of hydrogen-bond donors (Lipinski definition) is 1. The lowest BCUT2D eigenvalue weighted by molar-refractivity contribution is -0.147. The molecule has 1 aromatic carbocycles. The van der Waals surface area contributed by atoms with Crippen molar-refractivity contribution < 1.29 is 13.2 Å². The minimum Gasteiger partial charge on any atom is -0.313 e. The van der Waals surface area contributed by atoms with Gasteiger partial charge in [-0.25, -0.2) is 0 Å². The topological polar surface area (TPSA) is 15.3 Å². The summed E-state index contributed by atoms with van der Waals surface area (Å²) in [6.45, 7) is -0.333. The Hall–Kier alpha value is -0.590. The second-order valence-electron chi connectivity index (χ2n) is 5.50. The fourth-order valence-electron chi connectivity index (χ4n) is 2.53. The Kier molecular flexibility index (Phi) is 5.68. The van der Waals surface area contributed by atoms with Gasteiger partial charge in [0.2, 0.25) is 0 Å². The Morgan fingerprint density at radius 1 is 1.29 bits per heavy atom. The van der Waals surface area contributed by atoms with E-state index in [1.54, 1.807) is 4.90 Å². The molecule has 0 bridgehead atoms. The van der Waals surface area contributed by atoms with Crippen LogP contribution in [0.15, 0.2) is 28.7 Å². The van der Waals surface area contributed by atoms with Crippen LogP contribution >= 0.6 is 15.9 Å². The summed E-state index contributed by atoms with van der Waals surface area (Å²) in [4.78, 5) is 1.57. The minimum atomic E-state index is -4.12. The van der Waals surface area contributed by atoms with Gasteiger partial charge >= 0.3 is 6.18 Å². The smallest absolute Gasteiger partial charge is 0.313 e. The van der Waals surface area contributed by atoms with E-state index in [0.29, 0.717) is 13.0 Å². The Bertz CT molecular complexity index is 443. The highest BCUT2D eigenvalue weighted by atomic mass is 79.9. The molecule has 1 fully saturated rings. The van der Waals surface area contributed by atoms with Crippen molar-refractivity contribution in [3.63, 3.8) is 0 Å². The molecule has 2 nitrogen and oxygen atoms in total. The van der Waals surface area contributed by atoms with Crippen molar-refractivity contribution in [1.82, 2.24) is 10.2 Å². The maximum absolute atomic E-state index is 12.6. The predicted octanol–water partition coefficient (Wildman–Crippen LogP) is 4.13. The second kappa shape index (κ2) is 7.11. The Balaban J connectivity index is 1.93. The van der Waals surface area contributed by atoms with E-state index in [2.05, 4.69) is 21.2 Å². The van der Waals surface area contributed by atoms with Crippen molar-refractivity contribution in [2.24, 2.45) is 0 Å². The van der Waals surface area contributed by atoms with Gasteiger partial charge < -0.3 is 5.32 Å². The van der Waals surface area contributed by atoms with Crippen molar-refractivity contribution >= 4 is 15.9 Å². The molecule has 2 rings (SSSR count). The quantitative estimate of drug-likeness (QED) is 0.782. The van der Waals surface area contributed by atoms with Crippen LogP contribution in [0, 0.1) is 0 Å². The average molecular weight is 365 g/mol. The molecular formula is C15H20BrF3N2. The number of hydrogen-bond acceptors (Lipinski definition) is 2. The molecule has 1 aliphatic carbocycles. The van der Waals surface area contributed by atoms with E-state index in [9.17, 15) is 13.2 Å². The number of nitrogens with zero attached hydrogens (tertiary/aromatic N) is 1. The average Bonchev–Trinajstić information content (AvgIpc) is 3.23. The maximum Gasteiger partial charge on any atom is 0.401 e. The molecule has 118 valence electrons. The monoisotopic (exact) mass is 364 g/mol. The number of nitrogens with one attached hydrogen (secondary N) is 1. The highest BCUT2D eigenvalue weighted by Crippen LogP contribution is 2.31. The first-order chi connectivity index (χ1) is 9.89. The van der Waals surface area contributed by atoms with Gasteiger partial charge in [-0.15, -0.1) is 0 Å². The first-order valence-electron chi connectivity index (χ1n) is 7.12. The number of alkyl halides is 3. The Morgan fingerprint density at radius 2 is 1.90 bits per heavy atom. The third-order valence-corrected chi connectivity index (χ3v) is 4.30. The van der Waals surface area contributed by atoms with Gasteiger partial charge in [0.1, 0.15) is 0 Å². The van der Waals surface area contributed by atoms with E-state index in [1.807, 2.05) is 31.3 Å². The van der Waals surface area contributed by atoms with Crippen LogP contribution in [0.3, 0.4) is 0 Å². The van der Waals surface area contributed by atoms with E-state index in [1.165, 1.54) is 0 Å². The van der Waals surface area contributed by atoms with Gasteiger partial charge in [0.25, 0.3) is 0 Å². The molecule has 0 saturated heterocycles. The molecule has 0 aromatic heterocycles. The predicted molar refractivity (Wildman–Crippen MR) is 81.2 cm³/mol. The zero-order valence-corrected chi connectivity index (χ0v) is 13.5. The third-order valence-electron chi connectivity index (χ3n) is 3.77. The molecule has 0 spiro atoms. The summed E-state index contributed by atoms with van der Waals surface area (Å²) < 4.78 is 38.8. The van der Waals surface area contributed by atoms with Crippen LogP contribution in [0.1, 0.15) is 30.9 Å². The number of rotatable bonds is 7. The second-order valence-corrected chi connectivity index (χ2v) is 6.41. The molecule has 1 aliphatic rings. The standard InChI is InChI=1S/C15H20BrF3N2/c1-20-14(11-2-4-12(16)5-3-11)8-9-21(13-6-7-13)10-15(17,18)19/h2-5,13-14,20H,6-10H2,1H3. The first-order valence-corrected chi connectivity index (χ1v) is 7.92. The minimum absolute atomic E-state index is 0.0765. The van der Waals surface area contributed by atoms with Crippen LogP contribution in [0.4, 0.5) is 13.2 Å². The molecule has 0 radical (unpaired) electrons. The van der Waals surface area contributed by atoms with E-state index >= 15 is 0 Å². The summed E-state index contributed by atoms with van der Waals surface area (Å²) in [5.74, 6) is 0. The summed E-state index contributed by atoms with van der Waals surface area (Å²) in [5, 5.41) is 3.19. The Labute approximate surface area is 131 Å². The Morgan fingerprint density at radius 3 is 2.38 bits per heavy atom. The number of halogens is 4. The van der Waals surface area contributed by atoms with Crippen molar-refractivity contribution in [3.05, 3.63) is 34.3 Å². The summed E-state index contributed by atoms with van der Waals surface area (Å²) in [6, 6.07) is 8.09. The van der Waals surface area contributed by atoms with Crippen LogP contribution in [0.2, 0.25) is 0 Å². The lowest BCUT2D eigenvalue weighted by Crippen LogP contribution is -2.37. The van der Waals surface area contributed by atoms with E-state index < -0.39 is 12.7 Å². The van der Waals surface area contributed by atoms with Gasteiger partial charge in [0.05, 0.1) is 6.54 Å². The third kappa shape index (κ3) is 5.60. The fourth-order valence-corrected chi connectivity index (χ4v) is 2.79. The van der Waals surface area contributed by atoms with Crippen LogP contribution in [-0.4, -0.2) is 37.3 Å². The highest BCUT2D eigenvalue weighted by Gasteiger charge is 2.37. The molecule has 0 heterocycles. The van der Waals surface area contributed by atoms with Gasteiger partial charge in [-0.3, -0.25) is 4.90 Å².